The van der Waals surface area contributed by atoms with Crippen LogP contribution >= 0.6 is 0 Å². The van der Waals surface area contributed by atoms with Gasteiger partial charge in [0.1, 0.15) is 6.10 Å². The van der Waals surface area contributed by atoms with Crippen molar-refractivity contribution in [2.75, 3.05) is 0 Å². The van der Waals surface area contributed by atoms with Gasteiger partial charge in [0.25, 0.3) is 0 Å². The summed E-state index contributed by atoms with van der Waals surface area (Å²) in [6, 6.07) is 0. The third-order valence-corrected chi connectivity index (χ3v) is 3.27. The Balaban J connectivity index is 2.70. The summed E-state index contributed by atoms with van der Waals surface area (Å²) in [6.07, 6.45) is 2.18. The van der Waals surface area contributed by atoms with Crippen molar-refractivity contribution in [2.24, 2.45) is 11.8 Å². The monoisotopic (exact) mass is 250 g/mol. The molecule has 1 rings (SSSR count). The average Bonchev–Trinajstić information content (AvgIpc) is 2.26. The van der Waals surface area contributed by atoms with Crippen molar-refractivity contribution >= 4 is 11.6 Å². The van der Waals surface area contributed by atoms with E-state index in [1.165, 1.54) is 0 Å². The number of ketones is 2. The predicted octanol–water partition coefficient (Wildman–Crippen LogP) is 2.44. The van der Waals surface area contributed by atoms with E-state index in [0.717, 1.165) is 12.0 Å². The van der Waals surface area contributed by atoms with Gasteiger partial charge in [-0.2, -0.15) is 0 Å². The first-order valence-corrected chi connectivity index (χ1v) is 6.43. The molecule has 0 bridgehead atoms. The number of hydrogen-bond acceptors (Lipinski definition) is 3. The van der Waals surface area contributed by atoms with Crippen molar-refractivity contribution in [3.63, 3.8) is 0 Å². The SMILES string of the molecule is C=C(C(O)C(=O)CC(C)C)C1CCC(C)=CC1=O. The first kappa shape index (κ1) is 14.8. The Kier molecular flexibility index (Phi) is 5.03. The molecule has 0 saturated carbocycles. The fourth-order valence-corrected chi connectivity index (χ4v) is 2.21. The molecule has 0 fully saturated rings. The van der Waals surface area contributed by atoms with Crippen molar-refractivity contribution in [1.29, 1.82) is 0 Å². The van der Waals surface area contributed by atoms with E-state index < -0.39 is 12.0 Å². The van der Waals surface area contributed by atoms with Gasteiger partial charge in [0, 0.05) is 12.3 Å². The molecule has 2 atom stereocenters. The summed E-state index contributed by atoms with van der Waals surface area (Å²) in [5, 5.41) is 9.95. The van der Waals surface area contributed by atoms with Gasteiger partial charge in [-0.15, -0.1) is 0 Å². The van der Waals surface area contributed by atoms with Gasteiger partial charge in [0.15, 0.2) is 11.6 Å². The zero-order valence-electron chi connectivity index (χ0n) is 11.4. The summed E-state index contributed by atoms with van der Waals surface area (Å²) >= 11 is 0. The standard InChI is InChI=1S/C15H22O3/c1-9(2)7-14(17)15(18)11(4)12-6-5-10(3)8-13(12)16/h8-9,12,15,18H,4-7H2,1-3H3. The van der Waals surface area contributed by atoms with Crippen LogP contribution in [0.4, 0.5) is 0 Å². The van der Waals surface area contributed by atoms with Crippen LogP contribution in [0, 0.1) is 11.8 Å². The lowest BCUT2D eigenvalue weighted by atomic mass is 9.81. The number of rotatable bonds is 5. The van der Waals surface area contributed by atoms with Gasteiger partial charge < -0.3 is 5.11 Å². The second-order valence-electron chi connectivity index (χ2n) is 5.53. The second kappa shape index (κ2) is 6.10. The molecule has 0 radical (unpaired) electrons. The quantitative estimate of drug-likeness (QED) is 0.762. The summed E-state index contributed by atoms with van der Waals surface area (Å²) in [7, 11) is 0. The lowest BCUT2D eigenvalue weighted by Crippen LogP contribution is -2.31. The van der Waals surface area contributed by atoms with Crippen molar-refractivity contribution in [2.45, 2.75) is 46.1 Å². The van der Waals surface area contributed by atoms with E-state index >= 15 is 0 Å². The highest BCUT2D eigenvalue weighted by atomic mass is 16.3. The molecule has 2 unspecified atom stereocenters. The van der Waals surface area contributed by atoms with E-state index in [1.54, 1.807) is 6.08 Å². The van der Waals surface area contributed by atoms with Crippen molar-refractivity contribution < 1.29 is 14.7 Å². The van der Waals surface area contributed by atoms with Gasteiger partial charge in [-0.05, 0) is 37.3 Å². The number of aliphatic hydroxyl groups is 1. The smallest absolute Gasteiger partial charge is 0.165 e. The molecule has 0 aliphatic heterocycles. The number of hydrogen-bond donors (Lipinski definition) is 1. The lowest BCUT2D eigenvalue weighted by Gasteiger charge is -2.24. The molecule has 3 nitrogen and oxygen atoms in total. The molecule has 0 aromatic carbocycles. The van der Waals surface area contributed by atoms with Crippen LogP contribution in [-0.2, 0) is 9.59 Å². The number of carbonyl (C=O) groups excluding carboxylic acids is 2. The summed E-state index contributed by atoms with van der Waals surface area (Å²) in [4.78, 5) is 23.6. The Morgan fingerprint density at radius 2 is 2.17 bits per heavy atom. The number of aliphatic hydroxyl groups excluding tert-OH is 1. The molecule has 1 aliphatic rings. The van der Waals surface area contributed by atoms with Crippen LogP contribution in [0.5, 0.6) is 0 Å². The number of Topliss-reactive ketones (excluding diaryl/α,β-unsaturated/α-hetero) is 1. The molecule has 0 amide bonds. The van der Waals surface area contributed by atoms with E-state index in [1.807, 2.05) is 20.8 Å². The second-order valence-corrected chi connectivity index (χ2v) is 5.53. The first-order chi connectivity index (χ1) is 8.32. The summed E-state index contributed by atoms with van der Waals surface area (Å²) in [5.74, 6) is -0.488. The zero-order valence-corrected chi connectivity index (χ0v) is 11.4. The number of carbonyl (C=O) groups is 2. The van der Waals surface area contributed by atoms with E-state index in [2.05, 4.69) is 6.58 Å². The minimum atomic E-state index is -1.20. The van der Waals surface area contributed by atoms with Crippen LogP contribution in [0.25, 0.3) is 0 Å². The van der Waals surface area contributed by atoms with Gasteiger partial charge in [0.2, 0.25) is 0 Å². The Morgan fingerprint density at radius 3 is 2.67 bits per heavy atom. The van der Waals surface area contributed by atoms with Gasteiger partial charge in [-0.3, -0.25) is 9.59 Å². The van der Waals surface area contributed by atoms with E-state index in [4.69, 9.17) is 0 Å². The van der Waals surface area contributed by atoms with Gasteiger partial charge >= 0.3 is 0 Å². The maximum atomic E-state index is 11.8. The summed E-state index contributed by atoms with van der Waals surface area (Å²) < 4.78 is 0. The molecule has 0 aromatic rings. The molecule has 100 valence electrons. The molecule has 0 heterocycles. The Bertz CT molecular complexity index is 391. The third kappa shape index (κ3) is 3.64. The van der Waals surface area contributed by atoms with Gasteiger partial charge in [-0.25, -0.2) is 0 Å². The zero-order chi connectivity index (χ0) is 13.9. The lowest BCUT2D eigenvalue weighted by molar-refractivity contribution is -0.126. The van der Waals surface area contributed by atoms with Crippen molar-refractivity contribution in [1.82, 2.24) is 0 Å². The number of allylic oxidation sites excluding steroid dienone is 2. The minimum Gasteiger partial charge on any atom is -0.381 e. The highest BCUT2D eigenvalue weighted by Crippen LogP contribution is 2.28. The molecule has 1 aliphatic carbocycles. The Labute approximate surface area is 109 Å². The minimum absolute atomic E-state index is 0.0415. The molecule has 0 spiro atoms. The molecular weight excluding hydrogens is 228 g/mol. The van der Waals surface area contributed by atoms with E-state index in [9.17, 15) is 14.7 Å². The predicted molar refractivity (Wildman–Crippen MR) is 71.1 cm³/mol. The molecule has 0 saturated heterocycles. The Hall–Kier alpha value is -1.22. The summed E-state index contributed by atoms with van der Waals surface area (Å²) in [5.41, 5.74) is 1.40. The normalized spacial score (nSPS) is 21.7. The van der Waals surface area contributed by atoms with Gasteiger partial charge in [-0.1, -0.05) is 26.0 Å². The van der Waals surface area contributed by atoms with Crippen molar-refractivity contribution in [3.05, 3.63) is 23.8 Å². The van der Waals surface area contributed by atoms with Crippen molar-refractivity contribution in [3.8, 4) is 0 Å². The van der Waals surface area contributed by atoms with Crippen LogP contribution in [0.3, 0.4) is 0 Å². The summed E-state index contributed by atoms with van der Waals surface area (Å²) in [6.45, 7) is 9.52. The average molecular weight is 250 g/mol. The maximum Gasteiger partial charge on any atom is 0.165 e. The molecule has 18 heavy (non-hydrogen) atoms. The fourth-order valence-electron chi connectivity index (χ4n) is 2.21. The molecule has 1 N–H and O–H groups in total. The van der Waals surface area contributed by atoms with Crippen LogP contribution in [-0.4, -0.2) is 22.8 Å². The third-order valence-electron chi connectivity index (χ3n) is 3.27. The fraction of sp³-hybridized carbons (Fsp3) is 0.600. The topological polar surface area (TPSA) is 54.4 Å². The van der Waals surface area contributed by atoms with Crippen LogP contribution in [0.1, 0.15) is 40.0 Å². The van der Waals surface area contributed by atoms with Crippen LogP contribution in [0.2, 0.25) is 0 Å². The van der Waals surface area contributed by atoms with Gasteiger partial charge in [0.05, 0.1) is 0 Å². The maximum absolute atomic E-state index is 11.8. The molecular formula is C15H22O3. The highest BCUT2D eigenvalue weighted by molar-refractivity contribution is 5.97. The highest BCUT2D eigenvalue weighted by Gasteiger charge is 2.30. The van der Waals surface area contributed by atoms with E-state index in [0.29, 0.717) is 18.4 Å². The first-order valence-electron chi connectivity index (χ1n) is 6.43. The van der Waals surface area contributed by atoms with E-state index in [-0.39, 0.29) is 17.5 Å². The molecule has 3 heteroatoms. The van der Waals surface area contributed by atoms with Crippen LogP contribution < -0.4 is 0 Å². The Morgan fingerprint density at radius 1 is 1.56 bits per heavy atom. The van der Waals surface area contributed by atoms with Crippen LogP contribution in [0.15, 0.2) is 23.8 Å². The largest absolute Gasteiger partial charge is 0.381 e. The molecule has 0 aromatic heterocycles.